The van der Waals surface area contributed by atoms with Gasteiger partial charge in [-0.2, -0.15) is 0 Å². The Labute approximate surface area is 135 Å². The quantitative estimate of drug-likeness (QED) is 0.868. The summed E-state index contributed by atoms with van der Waals surface area (Å²) in [5.74, 6) is 3.37. The molecule has 0 unspecified atom stereocenters. The number of pyridine rings is 1. The number of methoxy groups -OCH3 is 1. The number of anilines is 1. The summed E-state index contributed by atoms with van der Waals surface area (Å²) in [6.45, 7) is 1.93. The predicted octanol–water partition coefficient (Wildman–Crippen LogP) is 2.90. The number of benzene rings is 1. The van der Waals surface area contributed by atoms with Gasteiger partial charge in [0.15, 0.2) is 0 Å². The molecule has 1 saturated heterocycles. The smallest absolute Gasteiger partial charge is 0.266 e. The third-order valence-corrected chi connectivity index (χ3v) is 5.44. The van der Waals surface area contributed by atoms with Gasteiger partial charge in [-0.1, -0.05) is 5.92 Å². The minimum absolute atomic E-state index is 0.188. The summed E-state index contributed by atoms with van der Waals surface area (Å²) in [5, 5.41) is 0.962. The van der Waals surface area contributed by atoms with Crippen LogP contribution < -0.4 is 15.2 Å². The van der Waals surface area contributed by atoms with E-state index in [0.717, 1.165) is 35.4 Å². The SMILES string of the molecule is C#Cc1c(N2CCC3(CC2)CC3)c2cc(OC)ccc2[nH]c1=O. The fourth-order valence-corrected chi connectivity index (χ4v) is 3.73. The van der Waals surface area contributed by atoms with Gasteiger partial charge in [-0.25, -0.2) is 0 Å². The Morgan fingerprint density at radius 2 is 2.00 bits per heavy atom. The van der Waals surface area contributed by atoms with E-state index in [1.165, 1.54) is 25.7 Å². The van der Waals surface area contributed by atoms with Gasteiger partial charge in [0, 0.05) is 18.5 Å². The molecule has 1 aliphatic heterocycles. The van der Waals surface area contributed by atoms with E-state index < -0.39 is 0 Å². The van der Waals surface area contributed by atoms with Crippen LogP contribution in [0.25, 0.3) is 10.9 Å². The van der Waals surface area contributed by atoms with Gasteiger partial charge in [0.05, 0.1) is 18.3 Å². The van der Waals surface area contributed by atoms with Gasteiger partial charge in [0.2, 0.25) is 0 Å². The van der Waals surface area contributed by atoms with Crippen molar-refractivity contribution < 1.29 is 4.74 Å². The van der Waals surface area contributed by atoms with Gasteiger partial charge in [-0.15, -0.1) is 6.42 Å². The maximum Gasteiger partial charge on any atom is 0.266 e. The van der Waals surface area contributed by atoms with Crippen LogP contribution in [0.2, 0.25) is 0 Å². The van der Waals surface area contributed by atoms with Crippen molar-refractivity contribution >= 4 is 16.6 Å². The van der Waals surface area contributed by atoms with Crippen molar-refractivity contribution in [2.45, 2.75) is 25.7 Å². The molecule has 0 atom stereocenters. The third-order valence-electron chi connectivity index (χ3n) is 5.44. The van der Waals surface area contributed by atoms with Crippen LogP contribution in [0.5, 0.6) is 5.75 Å². The lowest BCUT2D eigenvalue weighted by atomic mass is 9.92. The second-order valence-electron chi connectivity index (χ2n) is 6.72. The van der Waals surface area contributed by atoms with E-state index in [0.29, 0.717) is 11.0 Å². The van der Waals surface area contributed by atoms with Crippen LogP contribution >= 0.6 is 0 Å². The van der Waals surface area contributed by atoms with Gasteiger partial charge < -0.3 is 14.6 Å². The first kappa shape index (κ1) is 14.2. The van der Waals surface area contributed by atoms with Crippen molar-refractivity contribution in [3.05, 3.63) is 34.1 Å². The van der Waals surface area contributed by atoms with Crippen molar-refractivity contribution in [3.63, 3.8) is 0 Å². The lowest BCUT2D eigenvalue weighted by Gasteiger charge is -2.35. The van der Waals surface area contributed by atoms with Gasteiger partial charge in [0.25, 0.3) is 5.56 Å². The molecule has 1 spiro atoms. The lowest BCUT2D eigenvalue weighted by Crippen LogP contribution is -2.36. The van der Waals surface area contributed by atoms with Crippen LogP contribution in [0.15, 0.2) is 23.0 Å². The topological polar surface area (TPSA) is 45.3 Å². The molecule has 4 heteroatoms. The number of nitrogens with zero attached hydrogens (tertiary/aromatic N) is 1. The first-order chi connectivity index (χ1) is 11.2. The molecule has 1 aromatic carbocycles. The molecule has 1 aliphatic carbocycles. The van der Waals surface area contributed by atoms with E-state index in [-0.39, 0.29) is 5.56 Å². The minimum Gasteiger partial charge on any atom is -0.497 e. The Balaban J connectivity index is 1.88. The summed E-state index contributed by atoms with van der Waals surface area (Å²) in [4.78, 5) is 17.5. The van der Waals surface area contributed by atoms with Crippen molar-refractivity contribution in [1.82, 2.24) is 4.98 Å². The average Bonchev–Trinajstić information content (AvgIpc) is 3.33. The van der Waals surface area contributed by atoms with Crippen LogP contribution in [0.4, 0.5) is 5.69 Å². The molecule has 4 nitrogen and oxygen atoms in total. The van der Waals surface area contributed by atoms with Crippen LogP contribution in [0.1, 0.15) is 31.2 Å². The molecule has 0 radical (unpaired) electrons. The molecule has 2 aromatic rings. The summed E-state index contributed by atoms with van der Waals surface area (Å²) in [6, 6.07) is 5.70. The minimum atomic E-state index is -0.188. The number of hydrogen-bond donors (Lipinski definition) is 1. The van der Waals surface area contributed by atoms with Crippen LogP contribution in [0, 0.1) is 17.8 Å². The first-order valence-electron chi connectivity index (χ1n) is 8.11. The van der Waals surface area contributed by atoms with Gasteiger partial charge in [-0.3, -0.25) is 4.79 Å². The average molecular weight is 308 g/mol. The Hall–Kier alpha value is -2.41. The molecule has 118 valence electrons. The van der Waals surface area contributed by atoms with E-state index >= 15 is 0 Å². The second-order valence-corrected chi connectivity index (χ2v) is 6.72. The van der Waals surface area contributed by atoms with E-state index in [2.05, 4.69) is 15.8 Å². The number of nitrogens with one attached hydrogen (secondary N) is 1. The van der Waals surface area contributed by atoms with E-state index in [9.17, 15) is 4.79 Å². The summed E-state index contributed by atoms with van der Waals surface area (Å²) in [5.41, 5.74) is 2.52. The molecule has 2 fully saturated rings. The van der Waals surface area contributed by atoms with Crippen molar-refractivity contribution in [1.29, 1.82) is 0 Å². The van der Waals surface area contributed by atoms with E-state index in [4.69, 9.17) is 11.2 Å². The third kappa shape index (κ3) is 2.28. The number of terminal acetylenes is 1. The molecule has 1 aromatic heterocycles. The monoisotopic (exact) mass is 308 g/mol. The fraction of sp³-hybridized carbons (Fsp3) is 0.421. The fourth-order valence-electron chi connectivity index (χ4n) is 3.73. The van der Waals surface area contributed by atoms with Crippen LogP contribution in [-0.2, 0) is 0 Å². The maximum atomic E-state index is 12.4. The number of fused-ring (bicyclic) bond motifs is 1. The highest BCUT2D eigenvalue weighted by atomic mass is 16.5. The molecule has 4 rings (SSSR count). The summed E-state index contributed by atoms with van der Waals surface area (Å²) >= 11 is 0. The lowest BCUT2D eigenvalue weighted by molar-refractivity contribution is 0.384. The molecule has 0 bridgehead atoms. The predicted molar refractivity (Wildman–Crippen MR) is 92.2 cm³/mol. The molecule has 1 N–H and O–H groups in total. The largest absolute Gasteiger partial charge is 0.497 e. The standard InChI is InChI=1S/C19H20N2O2/c1-3-14-17(21-10-8-19(6-7-19)9-11-21)15-12-13(23-2)4-5-16(15)20-18(14)22/h1,4-5,12H,6-11H2,2H3,(H,20,22). The molecular weight excluding hydrogens is 288 g/mol. The molecule has 2 heterocycles. The number of H-pyrrole nitrogens is 1. The Morgan fingerprint density at radius 1 is 1.26 bits per heavy atom. The zero-order valence-electron chi connectivity index (χ0n) is 13.3. The zero-order chi connectivity index (χ0) is 16.0. The molecule has 2 aliphatic rings. The Bertz CT molecular complexity index is 861. The number of aromatic nitrogens is 1. The highest BCUT2D eigenvalue weighted by molar-refractivity contribution is 5.95. The van der Waals surface area contributed by atoms with E-state index in [1.54, 1.807) is 7.11 Å². The highest BCUT2D eigenvalue weighted by Crippen LogP contribution is 2.54. The Kier molecular flexibility index (Phi) is 3.12. The van der Waals surface area contributed by atoms with Gasteiger partial charge >= 0.3 is 0 Å². The van der Waals surface area contributed by atoms with Gasteiger partial charge in [-0.05, 0) is 49.3 Å². The summed E-state index contributed by atoms with van der Waals surface area (Å²) in [7, 11) is 1.65. The van der Waals surface area contributed by atoms with Crippen LogP contribution in [0.3, 0.4) is 0 Å². The molecule has 0 amide bonds. The summed E-state index contributed by atoms with van der Waals surface area (Å²) in [6.07, 6.45) is 10.7. The molecular formula is C19H20N2O2. The number of ether oxygens (including phenoxy) is 1. The Morgan fingerprint density at radius 3 is 2.61 bits per heavy atom. The van der Waals surface area contributed by atoms with Crippen molar-refractivity contribution in [2.24, 2.45) is 5.41 Å². The number of piperidine rings is 1. The molecule has 23 heavy (non-hydrogen) atoms. The number of aromatic amines is 1. The van der Waals surface area contributed by atoms with Gasteiger partial charge in [0.1, 0.15) is 11.3 Å². The number of rotatable bonds is 2. The molecule has 1 saturated carbocycles. The van der Waals surface area contributed by atoms with Crippen LogP contribution in [-0.4, -0.2) is 25.2 Å². The van der Waals surface area contributed by atoms with Crippen molar-refractivity contribution in [3.8, 4) is 18.1 Å². The van der Waals surface area contributed by atoms with E-state index in [1.807, 2.05) is 18.2 Å². The normalized spacial score (nSPS) is 18.9. The number of hydrogen-bond acceptors (Lipinski definition) is 3. The van der Waals surface area contributed by atoms with Crippen molar-refractivity contribution in [2.75, 3.05) is 25.1 Å². The summed E-state index contributed by atoms with van der Waals surface area (Å²) < 4.78 is 5.35. The second kappa shape index (κ2) is 5.06. The highest BCUT2D eigenvalue weighted by Gasteiger charge is 2.44. The zero-order valence-corrected chi connectivity index (χ0v) is 13.3. The first-order valence-corrected chi connectivity index (χ1v) is 8.11. The maximum absolute atomic E-state index is 12.4.